The molecule has 1 fully saturated rings. The number of benzene rings is 1. The summed E-state index contributed by atoms with van der Waals surface area (Å²) in [7, 11) is 1.36. The lowest BCUT2D eigenvalue weighted by Gasteiger charge is -2.21. The van der Waals surface area contributed by atoms with Gasteiger partial charge in [-0.25, -0.2) is 4.79 Å². The molecule has 1 aliphatic heterocycles. The molecule has 0 aliphatic carbocycles. The monoisotopic (exact) mass is 289 g/mol. The van der Waals surface area contributed by atoms with E-state index in [4.69, 9.17) is 4.74 Å². The van der Waals surface area contributed by atoms with Gasteiger partial charge in [0.2, 0.25) is 5.91 Å². The predicted molar refractivity (Wildman–Crippen MR) is 77.4 cm³/mol. The minimum atomic E-state index is -0.433. The van der Waals surface area contributed by atoms with Gasteiger partial charge in [0, 0.05) is 16.0 Å². The van der Waals surface area contributed by atoms with E-state index in [0.717, 1.165) is 4.88 Å². The van der Waals surface area contributed by atoms with Crippen molar-refractivity contribution in [3.05, 3.63) is 35.2 Å². The lowest BCUT2D eigenvalue weighted by Crippen LogP contribution is -2.38. The first kappa shape index (κ1) is 13.1. The standard InChI is InChI=1S/C15H15NO3S/c1-19-15(18)12-6-7-14(17)16(12)9-11-8-10-4-2-3-5-13(10)20-11/h2-5,8,12H,6-7,9H2,1H3. The van der Waals surface area contributed by atoms with Crippen LogP contribution in [0.1, 0.15) is 17.7 Å². The van der Waals surface area contributed by atoms with Crippen molar-refractivity contribution in [2.75, 3.05) is 7.11 Å². The maximum atomic E-state index is 11.9. The van der Waals surface area contributed by atoms with Crippen molar-refractivity contribution in [1.82, 2.24) is 4.90 Å². The third kappa shape index (κ3) is 2.29. The average Bonchev–Trinajstić information content (AvgIpc) is 3.02. The first-order valence-corrected chi connectivity index (χ1v) is 7.35. The zero-order valence-corrected chi connectivity index (χ0v) is 12.0. The Hall–Kier alpha value is -1.88. The molecule has 3 rings (SSSR count). The molecule has 1 aliphatic rings. The van der Waals surface area contributed by atoms with Crippen LogP contribution in [-0.2, 0) is 20.9 Å². The predicted octanol–water partition coefficient (Wildman–Crippen LogP) is 2.57. The summed E-state index contributed by atoms with van der Waals surface area (Å²) >= 11 is 1.66. The molecule has 20 heavy (non-hydrogen) atoms. The molecule has 0 N–H and O–H groups in total. The van der Waals surface area contributed by atoms with E-state index in [1.165, 1.54) is 17.2 Å². The number of fused-ring (bicyclic) bond motifs is 1. The second-order valence-corrected chi connectivity index (χ2v) is 6.02. The lowest BCUT2D eigenvalue weighted by atomic mass is 10.2. The van der Waals surface area contributed by atoms with Gasteiger partial charge in [-0.1, -0.05) is 18.2 Å². The molecule has 4 nitrogen and oxygen atoms in total. The number of rotatable bonds is 3. The minimum absolute atomic E-state index is 0.0258. The number of likely N-dealkylation sites (tertiary alicyclic amines) is 1. The molecular weight excluding hydrogens is 274 g/mol. The van der Waals surface area contributed by atoms with E-state index in [0.29, 0.717) is 19.4 Å². The van der Waals surface area contributed by atoms with Crippen LogP contribution in [0, 0.1) is 0 Å². The summed E-state index contributed by atoms with van der Waals surface area (Å²) in [6.07, 6.45) is 0.973. The number of amides is 1. The largest absolute Gasteiger partial charge is 0.467 e. The lowest BCUT2D eigenvalue weighted by molar-refractivity contribution is -0.149. The zero-order valence-electron chi connectivity index (χ0n) is 11.2. The van der Waals surface area contributed by atoms with E-state index in [2.05, 4.69) is 18.2 Å². The van der Waals surface area contributed by atoms with E-state index < -0.39 is 6.04 Å². The summed E-state index contributed by atoms with van der Waals surface area (Å²) in [6.45, 7) is 0.484. The van der Waals surface area contributed by atoms with Gasteiger partial charge in [-0.3, -0.25) is 4.79 Å². The summed E-state index contributed by atoms with van der Waals surface area (Å²) in [6, 6.07) is 9.77. The average molecular weight is 289 g/mol. The molecule has 1 saturated heterocycles. The third-order valence-corrected chi connectivity index (χ3v) is 4.71. The van der Waals surface area contributed by atoms with Gasteiger partial charge in [-0.2, -0.15) is 0 Å². The fourth-order valence-corrected chi connectivity index (χ4v) is 3.66. The van der Waals surface area contributed by atoms with Crippen LogP contribution in [-0.4, -0.2) is 29.9 Å². The molecule has 2 heterocycles. The van der Waals surface area contributed by atoms with Crippen LogP contribution in [0.15, 0.2) is 30.3 Å². The molecule has 1 unspecified atom stereocenters. The van der Waals surface area contributed by atoms with E-state index in [9.17, 15) is 9.59 Å². The Bertz CT molecular complexity index is 631. The molecule has 1 aromatic heterocycles. The van der Waals surface area contributed by atoms with Gasteiger partial charge in [-0.15, -0.1) is 11.3 Å². The number of ether oxygens (including phenoxy) is 1. The summed E-state index contributed by atoms with van der Waals surface area (Å²) < 4.78 is 5.98. The Morgan fingerprint density at radius 1 is 1.45 bits per heavy atom. The normalized spacial score (nSPS) is 18.8. The van der Waals surface area contributed by atoms with Crippen molar-refractivity contribution in [2.45, 2.75) is 25.4 Å². The van der Waals surface area contributed by atoms with Crippen LogP contribution < -0.4 is 0 Å². The van der Waals surface area contributed by atoms with E-state index in [1.54, 1.807) is 16.2 Å². The number of thiophene rings is 1. The zero-order chi connectivity index (χ0) is 14.1. The van der Waals surface area contributed by atoms with E-state index in [1.807, 2.05) is 12.1 Å². The highest BCUT2D eigenvalue weighted by Crippen LogP contribution is 2.29. The van der Waals surface area contributed by atoms with Gasteiger partial charge in [0.25, 0.3) is 0 Å². The molecular formula is C15H15NO3S. The number of hydrogen-bond donors (Lipinski definition) is 0. The molecule has 2 aromatic rings. The highest BCUT2D eigenvalue weighted by Gasteiger charge is 2.36. The Labute approximate surface area is 120 Å². The highest BCUT2D eigenvalue weighted by molar-refractivity contribution is 7.19. The highest BCUT2D eigenvalue weighted by atomic mass is 32.1. The van der Waals surface area contributed by atoms with Crippen LogP contribution in [0.4, 0.5) is 0 Å². The van der Waals surface area contributed by atoms with Gasteiger partial charge in [0.15, 0.2) is 0 Å². The van der Waals surface area contributed by atoms with Gasteiger partial charge in [0.05, 0.1) is 13.7 Å². The van der Waals surface area contributed by atoms with Gasteiger partial charge in [-0.05, 0) is 23.9 Å². The van der Waals surface area contributed by atoms with Crippen LogP contribution in [0.3, 0.4) is 0 Å². The van der Waals surface area contributed by atoms with Crippen molar-refractivity contribution >= 4 is 33.3 Å². The van der Waals surface area contributed by atoms with Crippen molar-refractivity contribution < 1.29 is 14.3 Å². The van der Waals surface area contributed by atoms with Crippen LogP contribution >= 0.6 is 11.3 Å². The minimum Gasteiger partial charge on any atom is -0.467 e. The maximum Gasteiger partial charge on any atom is 0.328 e. The number of hydrogen-bond acceptors (Lipinski definition) is 4. The second kappa shape index (κ2) is 5.25. The first-order chi connectivity index (χ1) is 9.69. The molecule has 1 atom stereocenters. The molecule has 104 valence electrons. The summed E-state index contributed by atoms with van der Waals surface area (Å²) in [5.74, 6) is -0.296. The SMILES string of the molecule is COC(=O)C1CCC(=O)N1Cc1cc2ccccc2s1. The second-order valence-electron chi connectivity index (χ2n) is 4.85. The quantitative estimate of drug-likeness (QED) is 0.816. The van der Waals surface area contributed by atoms with Gasteiger partial charge in [0.1, 0.15) is 6.04 Å². The fourth-order valence-electron chi connectivity index (χ4n) is 2.60. The van der Waals surface area contributed by atoms with Crippen molar-refractivity contribution in [1.29, 1.82) is 0 Å². The summed E-state index contributed by atoms with van der Waals surface area (Å²) in [4.78, 5) is 26.4. The van der Waals surface area contributed by atoms with Gasteiger partial charge < -0.3 is 9.64 Å². The van der Waals surface area contributed by atoms with Crippen LogP contribution in [0.5, 0.6) is 0 Å². The Kier molecular flexibility index (Phi) is 3.44. The number of carbonyl (C=O) groups is 2. The van der Waals surface area contributed by atoms with Crippen molar-refractivity contribution in [2.24, 2.45) is 0 Å². The summed E-state index contributed by atoms with van der Waals surface area (Å²) in [5, 5.41) is 1.17. The van der Waals surface area contributed by atoms with Crippen LogP contribution in [0.2, 0.25) is 0 Å². The molecule has 0 saturated carbocycles. The third-order valence-electron chi connectivity index (χ3n) is 3.60. The Morgan fingerprint density at radius 2 is 2.25 bits per heavy atom. The molecule has 1 aromatic carbocycles. The topological polar surface area (TPSA) is 46.6 Å². The smallest absolute Gasteiger partial charge is 0.328 e. The maximum absolute atomic E-state index is 11.9. The number of esters is 1. The van der Waals surface area contributed by atoms with Gasteiger partial charge >= 0.3 is 5.97 Å². The molecule has 0 spiro atoms. The molecule has 5 heteroatoms. The number of carbonyl (C=O) groups excluding carboxylic acids is 2. The van der Waals surface area contributed by atoms with E-state index >= 15 is 0 Å². The molecule has 0 bridgehead atoms. The number of nitrogens with zero attached hydrogens (tertiary/aromatic N) is 1. The first-order valence-electron chi connectivity index (χ1n) is 6.54. The molecule has 1 amide bonds. The van der Waals surface area contributed by atoms with Crippen molar-refractivity contribution in [3.8, 4) is 0 Å². The molecule has 0 radical (unpaired) electrons. The van der Waals surface area contributed by atoms with E-state index in [-0.39, 0.29) is 11.9 Å². The number of methoxy groups -OCH3 is 1. The summed E-state index contributed by atoms with van der Waals surface area (Å²) in [5.41, 5.74) is 0. The van der Waals surface area contributed by atoms with Crippen molar-refractivity contribution in [3.63, 3.8) is 0 Å². The van der Waals surface area contributed by atoms with Crippen LogP contribution in [0.25, 0.3) is 10.1 Å². The Morgan fingerprint density at radius 3 is 3.00 bits per heavy atom. The fraction of sp³-hybridized carbons (Fsp3) is 0.333. The Balaban J connectivity index is 1.84.